The zero-order valence-electron chi connectivity index (χ0n) is 12.0. The van der Waals surface area contributed by atoms with E-state index in [1.54, 1.807) is 0 Å². The summed E-state index contributed by atoms with van der Waals surface area (Å²) in [6, 6.07) is 14.7. The number of aryl methyl sites for hydroxylation is 2. The van der Waals surface area contributed by atoms with Gasteiger partial charge in [0.05, 0.1) is 11.0 Å². The molecule has 4 aromatic rings. The Balaban J connectivity index is 2.02. The van der Waals surface area contributed by atoms with Crippen molar-refractivity contribution in [1.29, 1.82) is 0 Å². The lowest BCUT2D eigenvalue weighted by Crippen LogP contribution is -1.83. The van der Waals surface area contributed by atoms with Gasteiger partial charge in [0.15, 0.2) is 0 Å². The number of hydrogen-bond acceptors (Lipinski definition) is 2. The Labute approximate surface area is 122 Å². The van der Waals surface area contributed by atoms with Gasteiger partial charge in [-0.3, -0.25) is 10.1 Å². The van der Waals surface area contributed by atoms with E-state index in [2.05, 4.69) is 71.5 Å². The zero-order valence-corrected chi connectivity index (χ0v) is 12.0. The van der Waals surface area contributed by atoms with Gasteiger partial charge in [-0.15, -0.1) is 0 Å². The van der Waals surface area contributed by atoms with Crippen LogP contribution in [-0.2, 0) is 0 Å². The summed E-state index contributed by atoms with van der Waals surface area (Å²) in [7, 11) is 0. The highest BCUT2D eigenvalue weighted by Crippen LogP contribution is 2.30. The van der Waals surface area contributed by atoms with Crippen LogP contribution in [0, 0.1) is 13.8 Å². The molecule has 3 heteroatoms. The molecule has 0 fully saturated rings. The normalized spacial score (nSPS) is 11.3. The molecule has 0 aliphatic rings. The van der Waals surface area contributed by atoms with Crippen LogP contribution in [0.2, 0.25) is 0 Å². The van der Waals surface area contributed by atoms with E-state index in [1.165, 1.54) is 11.1 Å². The minimum Gasteiger partial charge on any atom is -0.276 e. The second kappa shape index (κ2) is 4.42. The van der Waals surface area contributed by atoms with Gasteiger partial charge in [-0.2, -0.15) is 5.10 Å². The highest BCUT2D eigenvalue weighted by molar-refractivity contribution is 6.07. The zero-order chi connectivity index (χ0) is 14.4. The van der Waals surface area contributed by atoms with Gasteiger partial charge in [0.1, 0.15) is 5.69 Å². The van der Waals surface area contributed by atoms with Gasteiger partial charge in [0, 0.05) is 22.5 Å². The fourth-order valence-electron chi connectivity index (χ4n) is 2.71. The molecule has 1 N–H and O–H groups in total. The lowest BCUT2D eigenvalue weighted by molar-refractivity contribution is 1.13. The van der Waals surface area contributed by atoms with Crippen molar-refractivity contribution in [2.75, 3.05) is 0 Å². The van der Waals surface area contributed by atoms with Crippen LogP contribution in [0.15, 0.2) is 48.7 Å². The topological polar surface area (TPSA) is 41.6 Å². The van der Waals surface area contributed by atoms with Crippen molar-refractivity contribution in [3.8, 4) is 11.3 Å². The summed E-state index contributed by atoms with van der Waals surface area (Å²) in [6.45, 7) is 4.18. The van der Waals surface area contributed by atoms with E-state index in [9.17, 15) is 0 Å². The third-order valence-electron chi connectivity index (χ3n) is 3.88. The number of pyridine rings is 1. The minimum atomic E-state index is 0.959. The highest BCUT2D eigenvalue weighted by atomic mass is 15.1. The predicted octanol–water partition coefficient (Wildman–Crippen LogP) is 4.39. The molecule has 2 aromatic heterocycles. The summed E-state index contributed by atoms with van der Waals surface area (Å²) in [5.74, 6) is 0. The number of nitrogens with zero attached hydrogens (tertiary/aromatic N) is 2. The molecule has 0 aliphatic carbocycles. The second-order valence-electron chi connectivity index (χ2n) is 5.51. The maximum atomic E-state index is 4.57. The number of benzene rings is 2. The molecular weight excluding hydrogens is 258 g/mol. The summed E-state index contributed by atoms with van der Waals surface area (Å²) in [4.78, 5) is 4.57. The third kappa shape index (κ3) is 1.89. The van der Waals surface area contributed by atoms with Crippen molar-refractivity contribution in [1.82, 2.24) is 15.2 Å². The monoisotopic (exact) mass is 273 g/mol. The maximum Gasteiger partial charge on any atom is 0.101 e. The van der Waals surface area contributed by atoms with Crippen LogP contribution in [0.3, 0.4) is 0 Å². The third-order valence-corrected chi connectivity index (χ3v) is 3.88. The highest BCUT2D eigenvalue weighted by Gasteiger charge is 2.11. The van der Waals surface area contributed by atoms with Gasteiger partial charge in [0.25, 0.3) is 0 Å². The summed E-state index contributed by atoms with van der Waals surface area (Å²) >= 11 is 0. The van der Waals surface area contributed by atoms with Crippen molar-refractivity contribution >= 4 is 21.8 Å². The average Bonchev–Trinajstić information content (AvgIpc) is 2.92. The molecule has 0 atom stereocenters. The molecule has 0 unspecified atom stereocenters. The first-order valence-corrected chi connectivity index (χ1v) is 7.03. The lowest BCUT2D eigenvalue weighted by Gasteiger charge is -2.01. The van der Waals surface area contributed by atoms with Gasteiger partial charge < -0.3 is 0 Å². The van der Waals surface area contributed by atoms with Crippen LogP contribution in [0.4, 0.5) is 0 Å². The molecule has 0 amide bonds. The quantitative estimate of drug-likeness (QED) is 0.558. The van der Waals surface area contributed by atoms with Crippen LogP contribution in [0.1, 0.15) is 11.1 Å². The number of rotatable bonds is 1. The Morgan fingerprint density at radius 2 is 1.62 bits per heavy atom. The molecule has 0 saturated heterocycles. The fraction of sp³-hybridized carbons (Fsp3) is 0.111. The van der Waals surface area contributed by atoms with Gasteiger partial charge in [-0.25, -0.2) is 0 Å². The van der Waals surface area contributed by atoms with Gasteiger partial charge in [0.2, 0.25) is 0 Å². The van der Waals surface area contributed by atoms with Crippen LogP contribution >= 0.6 is 0 Å². The van der Waals surface area contributed by atoms with Crippen LogP contribution in [0.25, 0.3) is 33.1 Å². The molecule has 0 radical (unpaired) electrons. The fourth-order valence-corrected chi connectivity index (χ4v) is 2.71. The summed E-state index contributed by atoms with van der Waals surface area (Å²) in [6.07, 6.45) is 1.91. The van der Waals surface area contributed by atoms with Crippen molar-refractivity contribution in [2.24, 2.45) is 0 Å². The first-order valence-electron chi connectivity index (χ1n) is 7.03. The van der Waals surface area contributed by atoms with E-state index in [4.69, 9.17) is 0 Å². The summed E-state index contributed by atoms with van der Waals surface area (Å²) in [5, 5.41) is 9.88. The molecule has 0 aliphatic heterocycles. The van der Waals surface area contributed by atoms with E-state index in [1.807, 2.05) is 6.20 Å². The Morgan fingerprint density at radius 1 is 0.857 bits per heavy atom. The summed E-state index contributed by atoms with van der Waals surface area (Å²) < 4.78 is 0. The van der Waals surface area contributed by atoms with Gasteiger partial charge in [-0.05, 0) is 26.0 Å². The Morgan fingerprint density at radius 3 is 2.43 bits per heavy atom. The van der Waals surface area contributed by atoms with E-state index in [-0.39, 0.29) is 0 Å². The number of nitrogens with one attached hydrogen (secondary N) is 1. The summed E-state index contributed by atoms with van der Waals surface area (Å²) in [5.41, 5.74) is 6.59. The number of hydrogen-bond donors (Lipinski definition) is 1. The minimum absolute atomic E-state index is 0.959. The van der Waals surface area contributed by atoms with E-state index >= 15 is 0 Å². The smallest absolute Gasteiger partial charge is 0.101 e. The molecule has 2 aromatic carbocycles. The molecule has 0 spiro atoms. The number of fused-ring (bicyclic) bond motifs is 3. The molecule has 4 rings (SSSR count). The van der Waals surface area contributed by atoms with Crippen molar-refractivity contribution < 1.29 is 0 Å². The van der Waals surface area contributed by atoms with Crippen LogP contribution in [0.5, 0.6) is 0 Å². The Hall–Kier alpha value is -2.68. The molecule has 0 saturated carbocycles. The molecular formula is C18H15N3. The lowest BCUT2D eigenvalue weighted by atomic mass is 10.0. The van der Waals surface area contributed by atoms with Gasteiger partial charge >= 0.3 is 0 Å². The van der Waals surface area contributed by atoms with Crippen molar-refractivity contribution in [2.45, 2.75) is 13.8 Å². The predicted molar refractivity (Wildman–Crippen MR) is 86.3 cm³/mol. The number of H-pyrrole nitrogens is 1. The SMILES string of the molecule is Cc1ccc(-c2n[nH]c3c2cnc2ccc(C)cc23)cc1. The molecule has 21 heavy (non-hydrogen) atoms. The first-order chi connectivity index (χ1) is 10.2. The molecule has 2 heterocycles. The van der Waals surface area contributed by atoms with Crippen molar-refractivity contribution in [3.63, 3.8) is 0 Å². The molecule has 3 nitrogen and oxygen atoms in total. The molecule has 102 valence electrons. The van der Waals surface area contributed by atoms with Crippen LogP contribution in [-0.4, -0.2) is 15.2 Å². The molecule has 0 bridgehead atoms. The Kier molecular flexibility index (Phi) is 2.54. The van der Waals surface area contributed by atoms with E-state index in [0.29, 0.717) is 0 Å². The van der Waals surface area contributed by atoms with Gasteiger partial charge in [-0.1, -0.05) is 41.5 Å². The van der Waals surface area contributed by atoms with Crippen LogP contribution < -0.4 is 0 Å². The number of aromatic nitrogens is 3. The Bertz CT molecular complexity index is 949. The number of aromatic amines is 1. The standard InChI is InChI=1S/C18H15N3/c1-11-3-6-13(7-4-11)17-15-10-19-16-8-5-12(2)9-14(16)18(15)21-20-17/h3-10H,1-2H3,(H,20,21). The maximum absolute atomic E-state index is 4.57. The second-order valence-corrected chi connectivity index (χ2v) is 5.51. The average molecular weight is 273 g/mol. The first kappa shape index (κ1) is 12.1. The largest absolute Gasteiger partial charge is 0.276 e. The van der Waals surface area contributed by atoms with Crippen molar-refractivity contribution in [3.05, 3.63) is 59.8 Å². The van der Waals surface area contributed by atoms with E-state index < -0.39 is 0 Å². The van der Waals surface area contributed by atoms with E-state index in [0.717, 1.165) is 33.1 Å².